The molecule has 53 heavy (non-hydrogen) atoms. The van der Waals surface area contributed by atoms with Gasteiger partial charge in [0.25, 0.3) is 0 Å². The van der Waals surface area contributed by atoms with E-state index in [2.05, 4.69) is 11.7 Å². The second-order valence-electron chi connectivity index (χ2n) is 12.2. The van der Waals surface area contributed by atoms with Gasteiger partial charge in [-0.2, -0.15) is 30.7 Å². The molecule has 0 N–H and O–H groups in total. The molecule has 0 aliphatic rings. The SMILES string of the molecule is CCCCCC[C@H](C)OC(=O)c1ccc(OC(=O)c2ccc(-c3ccc(OCCCCCCOC(=O)C(F)(F)C(F)(F)C(F)(F)F)cc3)cc2)cc1F. The monoisotopic (exact) mass is 760 g/mol. The summed E-state index contributed by atoms with van der Waals surface area (Å²) in [6.45, 7) is 3.36. The maximum atomic E-state index is 14.7. The third-order valence-corrected chi connectivity index (χ3v) is 8.00. The fraction of sp³-hybridized carbons (Fsp3) is 0.447. The summed E-state index contributed by atoms with van der Waals surface area (Å²) < 4.78 is 124. The van der Waals surface area contributed by atoms with Crippen molar-refractivity contribution < 1.29 is 68.5 Å². The van der Waals surface area contributed by atoms with Crippen molar-refractivity contribution in [2.45, 2.75) is 95.8 Å². The summed E-state index contributed by atoms with van der Waals surface area (Å²) in [5, 5.41) is 0. The second kappa shape index (κ2) is 19.4. The maximum absolute atomic E-state index is 14.7. The number of rotatable bonds is 20. The predicted molar refractivity (Wildman–Crippen MR) is 178 cm³/mol. The maximum Gasteiger partial charge on any atom is 0.460 e. The van der Waals surface area contributed by atoms with Gasteiger partial charge in [0.2, 0.25) is 0 Å². The molecule has 15 heteroatoms. The van der Waals surface area contributed by atoms with Crippen molar-refractivity contribution in [3.63, 3.8) is 0 Å². The quantitative estimate of drug-likeness (QED) is 0.0490. The van der Waals surface area contributed by atoms with E-state index < -0.39 is 48.4 Å². The van der Waals surface area contributed by atoms with Crippen molar-refractivity contribution in [1.82, 2.24) is 0 Å². The number of halogens is 8. The first-order chi connectivity index (χ1) is 25.0. The molecular formula is C38H40F8O7. The van der Waals surface area contributed by atoms with E-state index in [-0.39, 0.29) is 36.0 Å². The van der Waals surface area contributed by atoms with Gasteiger partial charge >= 0.3 is 35.9 Å². The number of carbonyl (C=O) groups is 3. The summed E-state index contributed by atoms with van der Waals surface area (Å²) in [7, 11) is 0. The molecule has 0 heterocycles. The van der Waals surface area contributed by atoms with Gasteiger partial charge in [0.1, 0.15) is 17.3 Å². The lowest BCUT2D eigenvalue weighted by Gasteiger charge is -2.26. The number of benzene rings is 3. The van der Waals surface area contributed by atoms with Gasteiger partial charge in [0.05, 0.1) is 30.4 Å². The molecule has 0 bridgehead atoms. The van der Waals surface area contributed by atoms with E-state index in [0.717, 1.165) is 42.9 Å². The Labute approximate surface area is 301 Å². The van der Waals surface area contributed by atoms with Gasteiger partial charge in [-0.15, -0.1) is 0 Å². The van der Waals surface area contributed by atoms with Crippen molar-refractivity contribution in [3.05, 3.63) is 83.7 Å². The lowest BCUT2D eigenvalue weighted by molar-refractivity contribution is -0.348. The summed E-state index contributed by atoms with van der Waals surface area (Å²) in [6, 6.07) is 16.9. The van der Waals surface area contributed by atoms with E-state index in [4.69, 9.17) is 14.2 Å². The highest BCUT2D eigenvalue weighted by Crippen LogP contribution is 2.47. The third kappa shape index (κ3) is 12.2. The van der Waals surface area contributed by atoms with Crippen LogP contribution in [0.5, 0.6) is 11.5 Å². The Hall–Kier alpha value is -4.69. The Morgan fingerprint density at radius 1 is 0.679 bits per heavy atom. The zero-order chi connectivity index (χ0) is 39.2. The third-order valence-electron chi connectivity index (χ3n) is 8.00. The number of hydrogen-bond donors (Lipinski definition) is 0. The molecule has 0 spiro atoms. The van der Waals surface area contributed by atoms with Crippen molar-refractivity contribution >= 4 is 17.9 Å². The minimum atomic E-state index is -6.62. The number of carbonyl (C=O) groups excluding carboxylic acids is 3. The molecule has 0 saturated carbocycles. The number of esters is 3. The smallest absolute Gasteiger partial charge is 0.460 e. The van der Waals surface area contributed by atoms with E-state index in [0.29, 0.717) is 31.4 Å². The van der Waals surface area contributed by atoms with E-state index in [1.165, 1.54) is 24.3 Å². The van der Waals surface area contributed by atoms with Crippen molar-refractivity contribution in [3.8, 4) is 22.6 Å². The fourth-order valence-electron chi connectivity index (χ4n) is 4.91. The van der Waals surface area contributed by atoms with Crippen LogP contribution in [0.15, 0.2) is 66.7 Å². The summed E-state index contributed by atoms with van der Waals surface area (Å²) in [5.41, 5.74) is 1.51. The van der Waals surface area contributed by atoms with E-state index in [1.807, 2.05) is 0 Å². The molecule has 290 valence electrons. The molecule has 0 unspecified atom stereocenters. The Bertz CT molecular complexity index is 1640. The number of unbranched alkanes of at least 4 members (excludes halogenated alkanes) is 6. The van der Waals surface area contributed by atoms with Crippen LogP contribution in [0.4, 0.5) is 35.1 Å². The van der Waals surface area contributed by atoms with Gasteiger partial charge in [-0.3, -0.25) is 0 Å². The molecule has 7 nitrogen and oxygen atoms in total. The summed E-state index contributed by atoms with van der Waals surface area (Å²) >= 11 is 0. The van der Waals surface area contributed by atoms with Crippen LogP contribution in [0.1, 0.15) is 92.4 Å². The minimum Gasteiger partial charge on any atom is -0.494 e. The molecule has 3 aromatic carbocycles. The molecule has 0 saturated heterocycles. The molecule has 1 atom stereocenters. The van der Waals surface area contributed by atoms with Crippen LogP contribution in [-0.2, 0) is 14.3 Å². The van der Waals surface area contributed by atoms with Crippen LogP contribution in [0.2, 0.25) is 0 Å². The molecule has 0 aliphatic carbocycles. The lowest BCUT2D eigenvalue weighted by atomic mass is 10.0. The standard InChI is InChI=1S/C38H40F8O7/c1-3-4-5-8-11-25(2)52-34(48)31-21-20-30(24-32(31)39)53-33(47)28-14-12-26(13-15-28)27-16-18-29(19-17-27)50-22-9-6-7-10-23-51-35(49)36(40,41)37(42,43)38(44,45)46/h12-21,24-25H,3-11,22-23H2,1-2H3/t25-/m0/s1. The Kier molecular flexibility index (Phi) is 15.6. The van der Waals surface area contributed by atoms with E-state index >= 15 is 0 Å². The van der Waals surface area contributed by atoms with Crippen LogP contribution in [0.25, 0.3) is 11.1 Å². The van der Waals surface area contributed by atoms with Gasteiger partial charge in [0, 0.05) is 6.07 Å². The van der Waals surface area contributed by atoms with Crippen molar-refractivity contribution in [1.29, 1.82) is 0 Å². The van der Waals surface area contributed by atoms with Crippen molar-refractivity contribution in [2.75, 3.05) is 13.2 Å². The predicted octanol–water partition coefficient (Wildman–Crippen LogP) is 10.5. The first kappa shape index (κ1) is 42.7. The topological polar surface area (TPSA) is 88.1 Å². The average molecular weight is 761 g/mol. The van der Waals surface area contributed by atoms with Crippen LogP contribution in [-0.4, -0.2) is 55.2 Å². The largest absolute Gasteiger partial charge is 0.494 e. The fourth-order valence-corrected chi connectivity index (χ4v) is 4.91. The Balaban J connectivity index is 1.39. The van der Waals surface area contributed by atoms with Crippen molar-refractivity contribution in [2.24, 2.45) is 0 Å². The van der Waals surface area contributed by atoms with Gasteiger partial charge in [-0.05, 0) is 93.0 Å². The molecular weight excluding hydrogens is 720 g/mol. The normalized spacial score (nSPS) is 12.6. The van der Waals surface area contributed by atoms with Crippen LogP contribution in [0, 0.1) is 5.82 Å². The van der Waals surface area contributed by atoms with Crippen LogP contribution in [0.3, 0.4) is 0 Å². The minimum absolute atomic E-state index is 0.0346. The number of ether oxygens (including phenoxy) is 4. The van der Waals surface area contributed by atoms with Gasteiger partial charge < -0.3 is 18.9 Å². The van der Waals surface area contributed by atoms with Gasteiger partial charge in [-0.1, -0.05) is 50.5 Å². The molecule has 0 amide bonds. The van der Waals surface area contributed by atoms with Gasteiger partial charge in [0.15, 0.2) is 0 Å². The molecule has 3 aromatic rings. The summed E-state index contributed by atoms with van der Waals surface area (Å²) in [5.74, 6) is -17.5. The zero-order valence-corrected chi connectivity index (χ0v) is 29.1. The van der Waals surface area contributed by atoms with Gasteiger partial charge in [-0.25, -0.2) is 18.8 Å². The highest BCUT2D eigenvalue weighted by atomic mass is 19.4. The first-order valence-electron chi connectivity index (χ1n) is 17.0. The van der Waals surface area contributed by atoms with Crippen LogP contribution < -0.4 is 9.47 Å². The Morgan fingerprint density at radius 3 is 1.83 bits per heavy atom. The molecule has 3 rings (SSSR count). The first-order valence-corrected chi connectivity index (χ1v) is 17.0. The highest BCUT2D eigenvalue weighted by molar-refractivity contribution is 5.92. The molecule has 0 aromatic heterocycles. The molecule has 0 fully saturated rings. The number of hydrogen-bond acceptors (Lipinski definition) is 7. The van der Waals surface area contributed by atoms with Crippen LogP contribution >= 0.6 is 0 Å². The second-order valence-corrected chi connectivity index (χ2v) is 12.2. The van der Waals surface area contributed by atoms with E-state index in [1.54, 1.807) is 43.3 Å². The van der Waals surface area contributed by atoms with E-state index in [9.17, 15) is 49.5 Å². The summed E-state index contributed by atoms with van der Waals surface area (Å²) in [4.78, 5) is 36.3. The molecule has 0 radical (unpaired) electrons. The summed E-state index contributed by atoms with van der Waals surface area (Å²) in [6.07, 6.45) is -0.971. The Morgan fingerprint density at radius 2 is 1.25 bits per heavy atom. The lowest BCUT2D eigenvalue weighted by Crippen LogP contribution is -2.56. The number of alkyl halides is 7. The average Bonchev–Trinajstić information content (AvgIpc) is 3.10. The zero-order valence-electron chi connectivity index (χ0n) is 29.1. The highest BCUT2D eigenvalue weighted by Gasteiger charge is 2.77. The molecule has 0 aliphatic heterocycles.